The molecule has 31 heavy (non-hydrogen) atoms. The van der Waals surface area contributed by atoms with Crippen molar-refractivity contribution >= 4 is 5.91 Å². The van der Waals surface area contributed by atoms with Gasteiger partial charge in [-0.2, -0.15) is 10.2 Å². The molecule has 1 N–H and O–H groups in total. The minimum atomic E-state index is -0.170. The van der Waals surface area contributed by atoms with Crippen molar-refractivity contribution in [1.29, 1.82) is 0 Å². The second-order valence-electron chi connectivity index (χ2n) is 7.62. The number of nitrogens with zero attached hydrogens (tertiary/aromatic N) is 4. The van der Waals surface area contributed by atoms with Crippen molar-refractivity contribution < 1.29 is 4.79 Å². The average Bonchev–Trinajstić information content (AvgIpc) is 3.34. The molecule has 0 bridgehead atoms. The Morgan fingerprint density at radius 3 is 2.26 bits per heavy atom. The number of carbonyl (C=O) groups excluding carboxylic acids is 1. The first-order valence-corrected chi connectivity index (χ1v) is 10.5. The lowest BCUT2D eigenvalue weighted by molar-refractivity contribution is 0.0940. The summed E-state index contributed by atoms with van der Waals surface area (Å²) in [7, 11) is 0. The van der Waals surface area contributed by atoms with E-state index in [1.54, 1.807) is 0 Å². The molecular formula is C25H27N5O. The van der Waals surface area contributed by atoms with E-state index >= 15 is 0 Å². The molecule has 0 fully saturated rings. The highest BCUT2D eigenvalue weighted by atomic mass is 16.1. The number of aromatic nitrogens is 4. The van der Waals surface area contributed by atoms with Crippen molar-refractivity contribution in [1.82, 2.24) is 24.9 Å². The Hall–Kier alpha value is -3.67. The van der Waals surface area contributed by atoms with Crippen LogP contribution in [0.1, 0.15) is 47.2 Å². The van der Waals surface area contributed by atoms with Crippen LogP contribution in [0.25, 0.3) is 16.9 Å². The summed E-state index contributed by atoms with van der Waals surface area (Å²) < 4.78 is 3.77. The normalized spacial score (nSPS) is 12.0. The lowest BCUT2D eigenvalue weighted by atomic mass is 10.0. The molecular weight excluding hydrogens is 386 g/mol. The molecule has 2 aromatic carbocycles. The number of hydrogen-bond acceptors (Lipinski definition) is 3. The summed E-state index contributed by atoms with van der Waals surface area (Å²) in [5.41, 5.74) is 5.98. The van der Waals surface area contributed by atoms with Crippen LogP contribution in [0.5, 0.6) is 0 Å². The van der Waals surface area contributed by atoms with Gasteiger partial charge in [-0.15, -0.1) is 0 Å². The van der Waals surface area contributed by atoms with E-state index in [4.69, 9.17) is 5.10 Å². The number of hydrogen-bond donors (Lipinski definition) is 1. The molecule has 2 heterocycles. The third kappa shape index (κ3) is 3.89. The number of aryl methyl sites for hydroxylation is 1. The molecule has 6 heteroatoms. The van der Waals surface area contributed by atoms with E-state index in [0.717, 1.165) is 34.7 Å². The molecule has 4 aromatic rings. The Balaban J connectivity index is 1.74. The molecule has 1 amide bonds. The van der Waals surface area contributed by atoms with Crippen LogP contribution in [0.4, 0.5) is 0 Å². The molecule has 1 atom stereocenters. The van der Waals surface area contributed by atoms with Gasteiger partial charge in [0.05, 0.1) is 29.2 Å². The predicted octanol–water partition coefficient (Wildman–Crippen LogP) is 4.86. The van der Waals surface area contributed by atoms with Gasteiger partial charge in [0.1, 0.15) is 5.69 Å². The Labute approximate surface area is 182 Å². The van der Waals surface area contributed by atoms with Gasteiger partial charge in [0.2, 0.25) is 0 Å². The SMILES string of the molecule is CCn1ncc(C(C)NC(=O)c2c(-c3ccccc3)nn(-c3ccccc3)c2C)c1C. The number of carbonyl (C=O) groups is 1. The maximum absolute atomic E-state index is 13.5. The largest absolute Gasteiger partial charge is 0.345 e. The van der Waals surface area contributed by atoms with Crippen molar-refractivity contribution in [2.75, 3.05) is 0 Å². The summed E-state index contributed by atoms with van der Waals surface area (Å²) in [4.78, 5) is 13.5. The molecule has 158 valence electrons. The second-order valence-corrected chi connectivity index (χ2v) is 7.62. The maximum Gasteiger partial charge on any atom is 0.255 e. The Morgan fingerprint density at radius 2 is 1.65 bits per heavy atom. The molecule has 4 rings (SSSR count). The highest BCUT2D eigenvalue weighted by molar-refractivity contribution is 6.01. The van der Waals surface area contributed by atoms with Crippen LogP contribution in [-0.4, -0.2) is 25.5 Å². The van der Waals surface area contributed by atoms with E-state index in [9.17, 15) is 4.79 Å². The monoisotopic (exact) mass is 413 g/mol. The molecule has 0 saturated carbocycles. The summed E-state index contributed by atoms with van der Waals surface area (Å²) in [6, 6.07) is 19.5. The molecule has 1 unspecified atom stereocenters. The van der Waals surface area contributed by atoms with Crippen LogP contribution < -0.4 is 5.32 Å². The first-order valence-electron chi connectivity index (χ1n) is 10.5. The predicted molar refractivity (Wildman–Crippen MR) is 122 cm³/mol. The minimum absolute atomic E-state index is 0.144. The zero-order valence-electron chi connectivity index (χ0n) is 18.3. The van der Waals surface area contributed by atoms with Gasteiger partial charge in [-0.05, 0) is 39.8 Å². The topological polar surface area (TPSA) is 64.7 Å². The standard InChI is InChI=1S/C25H27N5O/c1-5-29-18(3)22(16-26-29)17(2)27-25(31)23-19(4)30(21-14-10-7-11-15-21)28-24(23)20-12-8-6-9-13-20/h6-17H,5H2,1-4H3,(H,27,31). The highest BCUT2D eigenvalue weighted by Crippen LogP contribution is 2.28. The van der Waals surface area contributed by atoms with Gasteiger partial charge in [-0.3, -0.25) is 9.48 Å². The van der Waals surface area contributed by atoms with Gasteiger partial charge < -0.3 is 5.32 Å². The Bertz CT molecular complexity index is 1190. The molecule has 2 aromatic heterocycles. The molecule has 0 saturated heterocycles. The zero-order chi connectivity index (χ0) is 22.0. The summed E-state index contributed by atoms with van der Waals surface area (Å²) in [6.45, 7) is 8.81. The Kier molecular flexibility index (Phi) is 5.71. The van der Waals surface area contributed by atoms with Crippen LogP contribution in [0.15, 0.2) is 66.9 Å². The van der Waals surface area contributed by atoms with Gasteiger partial charge in [-0.25, -0.2) is 4.68 Å². The fourth-order valence-electron chi connectivity index (χ4n) is 3.94. The third-order valence-electron chi connectivity index (χ3n) is 5.65. The number of rotatable bonds is 6. The average molecular weight is 414 g/mol. The van der Waals surface area contributed by atoms with Crippen molar-refractivity contribution in [2.45, 2.75) is 40.3 Å². The quantitative estimate of drug-likeness (QED) is 0.491. The minimum Gasteiger partial charge on any atom is -0.345 e. The van der Waals surface area contributed by atoms with Crippen molar-refractivity contribution in [3.63, 3.8) is 0 Å². The van der Waals surface area contributed by atoms with E-state index in [1.807, 2.05) is 97.0 Å². The van der Waals surface area contributed by atoms with Crippen LogP contribution in [0, 0.1) is 13.8 Å². The summed E-state index contributed by atoms with van der Waals surface area (Å²) in [5, 5.41) is 12.4. The second kappa shape index (κ2) is 8.60. The molecule has 6 nitrogen and oxygen atoms in total. The fraction of sp³-hybridized carbons (Fsp3) is 0.240. The summed E-state index contributed by atoms with van der Waals surface area (Å²) >= 11 is 0. The van der Waals surface area contributed by atoms with E-state index in [-0.39, 0.29) is 11.9 Å². The van der Waals surface area contributed by atoms with Crippen molar-refractivity contribution in [2.24, 2.45) is 0 Å². The van der Waals surface area contributed by atoms with Crippen molar-refractivity contribution in [3.05, 3.63) is 89.4 Å². The molecule has 0 radical (unpaired) electrons. The number of para-hydroxylation sites is 1. The molecule has 0 spiro atoms. The molecule has 0 aliphatic rings. The number of nitrogens with one attached hydrogen (secondary N) is 1. The van der Waals surface area contributed by atoms with E-state index < -0.39 is 0 Å². The lowest BCUT2D eigenvalue weighted by Crippen LogP contribution is -2.27. The maximum atomic E-state index is 13.5. The smallest absolute Gasteiger partial charge is 0.255 e. The van der Waals surface area contributed by atoms with Gasteiger partial charge in [0.25, 0.3) is 5.91 Å². The molecule has 0 aliphatic carbocycles. The van der Waals surface area contributed by atoms with Crippen LogP contribution in [0.3, 0.4) is 0 Å². The summed E-state index contributed by atoms with van der Waals surface area (Å²) in [6.07, 6.45) is 1.84. The van der Waals surface area contributed by atoms with Crippen molar-refractivity contribution in [3.8, 4) is 16.9 Å². The third-order valence-corrected chi connectivity index (χ3v) is 5.65. The zero-order valence-corrected chi connectivity index (χ0v) is 18.3. The van der Waals surface area contributed by atoms with Crippen LogP contribution in [0.2, 0.25) is 0 Å². The van der Waals surface area contributed by atoms with E-state index in [1.165, 1.54) is 0 Å². The number of benzene rings is 2. The van der Waals surface area contributed by atoms with Gasteiger partial charge >= 0.3 is 0 Å². The number of amides is 1. The van der Waals surface area contributed by atoms with Crippen LogP contribution in [-0.2, 0) is 6.54 Å². The fourth-order valence-corrected chi connectivity index (χ4v) is 3.94. The van der Waals surface area contributed by atoms with Crippen LogP contribution >= 0.6 is 0 Å². The lowest BCUT2D eigenvalue weighted by Gasteiger charge is -2.15. The first kappa shape index (κ1) is 20.6. The molecule has 0 aliphatic heterocycles. The van der Waals surface area contributed by atoms with Gasteiger partial charge in [-0.1, -0.05) is 48.5 Å². The van der Waals surface area contributed by atoms with E-state index in [2.05, 4.69) is 17.3 Å². The first-order chi connectivity index (χ1) is 15.0. The highest BCUT2D eigenvalue weighted by Gasteiger charge is 2.25. The van der Waals surface area contributed by atoms with Gasteiger partial charge in [0, 0.05) is 23.4 Å². The van der Waals surface area contributed by atoms with E-state index in [0.29, 0.717) is 11.3 Å². The van der Waals surface area contributed by atoms with Gasteiger partial charge in [0.15, 0.2) is 0 Å². The summed E-state index contributed by atoms with van der Waals surface area (Å²) in [5.74, 6) is -0.144. The Morgan fingerprint density at radius 1 is 1.00 bits per heavy atom.